The number of morpholine rings is 1. The zero-order chi connectivity index (χ0) is 21.2. The maximum atomic E-state index is 12.8. The van der Waals surface area contributed by atoms with Crippen LogP contribution in [-0.2, 0) is 24.3 Å². The molecule has 0 aromatic heterocycles. The minimum absolute atomic E-state index is 0.0167. The van der Waals surface area contributed by atoms with Gasteiger partial charge in [-0.05, 0) is 32.0 Å². The molecule has 29 heavy (non-hydrogen) atoms. The van der Waals surface area contributed by atoms with Gasteiger partial charge in [0.25, 0.3) is 0 Å². The fraction of sp³-hybridized carbons (Fsp3) is 0.556. The summed E-state index contributed by atoms with van der Waals surface area (Å²) in [6.07, 6.45) is 0. The molecule has 2 N–H and O–H groups in total. The number of anilines is 1. The summed E-state index contributed by atoms with van der Waals surface area (Å²) in [5.41, 5.74) is -0.605. The number of hydrogen-bond donors (Lipinski definition) is 2. The van der Waals surface area contributed by atoms with Crippen LogP contribution < -0.4 is 10.6 Å². The fourth-order valence-electron chi connectivity index (χ4n) is 3.28. The monoisotopic (exact) mass is 444 g/mol. The molecule has 1 aromatic rings. The second kappa shape index (κ2) is 8.57. The number of nitrogens with one attached hydrogen (secondary N) is 2. The van der Waals surface area contributed by atoms with Crippen molar-refractivity contribution < 1.29 is 22.7 Å². The van der Waals surface area contributed by atoms with Gasteiger partial charge in [-0.15, -0.1) is 0 Å². The Bertz CT molecular complexity index is 900. The first-order valence-corrected chi connectivity index (χ1v) is 11.1. The average Bonchev–Trinajstić information content (AvgIpc) is 2.68. The highest BCUT2D eigenvalue weighted by atomic mass is 35.5. The molecule has 0 saturated carbocycles. The standard InChI is InChI=1S/C18H25ClN4O5S/c1-18(2)17(25)20-5-6-22(18)12-16(24)21-15-11-13(3-4-14(15)19)29(26,27)23-7-9-28-10-8-23/h3-4,11H,5-10,12H2,1-2H3,(H,20,25)(H,21,24). The molecule has 0 radical (unpaired) electrons. The lowest BCUT2D eigenvalue weighted by Crippen LogP contribution is -2.62. The van der Waals surface area contributed by atoms with Gasteiger partial charge >= 0.3 is 0 Å². The molecule has 0 bridgehead atoms. The van der Waals surface area contributed by atoms with Crippen molar-refractivity contribution in [2.45, 2.75) is 24.3 Å². The molecule has 9 nitrogen and oxygen atoms in total. The van der Waals surface area contributed by atoms with E-state index in [9.17, 15) is 18.0 Å². The predicted octanol–water partition coefficient (Wildman–Crippen LogP) is 0.510. The van der Waals surface area contributed by atoms with Crippen LogP contribution in [0.1, 0.15) is 13.8 Å². The molecule has 3 rings (SSSR count). The van der Waals surface area contributed by atoms with Gasteiger partial charge in [-0.3, -0.25) is 14.5 Å². The van der Waals surface area contributed by atoms with Crippen molar-refractivity contribution in [1.29, 1.82) is 0 Å². The number of benzene rings is 1. The molecule has 2 aliphatic rings. The maximum Gasteiger partial charge on any atom is 0.243 e. The van der Waals surface area contributed by atoms with Crippen molar-refractivity contribution in [3.63, 3.8) is 0 Å². The zero-order valence-corrected chi connectivity index (χ0v) is 18.0. The number of nitrogens with zero attached hydrogens (tertiary/aromatic N) is 2. The van der Waals surface area contributed by atoms with Crippen LogP contribution in [0.4, 0.5) is 5.69 Å². The van der Waals surface area contributed by atoms with Crippen LogP contribution in [0.5, 0.6) is 0 Å². The Morgan fingerprint density at radius 3 is 2.66 bits per heavy atom. The van der Waals surface area contributed by atoms with E-state index in [-0.39, 0.29) is 47.1 Å². The molecule has 2 saturated heterocycles. The maximum absolute atomic E-state index is 12.8. The fourth-order valence-corrected chi connectivity index (χ4v) is 4.88. The van der Waals surface area contributed by atoms with E-state index in [1.807, 2.05) is 0 Å². The predicted molar refractivity (Wildman–Crippen MR) is 108 cm³/mol. The van der Waals surface area contributed by atoms with Crippen LogP contribution in [0.3, 0.4) is 0 Å². The smallest absolute Gasteiger partial charge is 0.243 e. The molecular formula is C18H25ClN4O5S. The van der Waals surface area contributed by atoms with Crippen LogP contribution in [-0.4, -0.2) is 80.9 Å². The summed E-state index contributed by atoms with van der Waals surface area (Å²) in [6.45, 7) is 5.71. The van der Waals surface area contributed by atoms with Crippen molar-refractivity contribution in [1.82, 2.24) is 14.5 Å². The molecule has 160 valence electrons. The summed E-state index contributed by atoms with van der Waals surface area (Å²) in [7, 11) is -3.71. The molecule has 0 aliphatic carbocycles. The molecule has 0 unspecified atom stereocenters. The molecule has 2 heterocycles. The van der Waals surface area contributed by atoms with E-state index in [0.29, 0.717) is 26.3 Å². The van der Waals surface area contributed by atoms with Crippen molar-refractivity contribution in [3.8, 4) is 0 Å². The summed E-state index contributed by atoms with van der Waals surface area (Å²) < 4.78 is 32.2. The van der Waals surface area contributed by atoms with E-state index in [4.69, 9.17) is 16.3 Å². The van der Waals surface area contributed by atoms with E-state index in [1.54, 1.807) is 18.7 Å². The van der Waals surface area contributed by atoms with Gasteiger partial charge < -0.3 is 15.4 Å². The highest BCUT2D eigenvalue weighted by Gasteiger charge is 2.38. The molecule has 1 aromatic carbocycles. The highest BCUT2D eigenvalue weighted by molar-refractivity contribution is 7.89. The van der Waals surface area contributed by atoms with Crippen molar-refractivity contribution in [2.24, 2.45) is 0 Å². The number of carbonyl (C=O) groups is 2. The zero-order valence-electron chi connectivity index (χ0n) is 16.4. The van der Waals surface area contributed by atoms with E-state index in [0.717, 1.165) is 0 Å². The van der Waals surface area contributed by atoms with Gasteiger partial charge in [-0.1, -0.05) is 11.6 Å². The minimum Gasteiger partial charge on any atom is -0.379 e. The van der Waals surface area contributed by atoms with Crippen LogP contribution in [0, 0.1) is 0 Å². The van der Waals surface area contributed by atoms with Gasteiger partial charge in [0.15, 0.2) is 0 Å². The van der Waals surface area contributed by atoms with Crippen LogP contribution in [0.25, 0.3) is 0 Å². The summed E-state index contributed by atoms with van der Waals surface area (Å²) in [4.78, 5) is 26.4. The molecule has 11 heteroatoms. The topological polar surface area (TPSA) is 108 Å². The number of carbonyl (C=O) groups excluding carboxylic acids is 2. The lowest BCUT2D eigenvalue weighted by atomic mass is 9.99. The number of ether oxygens (including phenoxy) is 1. The van der Waals surface area contributed by atoms with Crippen molar-refractivity contribution >= 4 is 39.1 Å². The van der Waals surface area contributed by atoms with Crippen molar-refractivity contribution in [3.05, 3.63) is 23.2 Å². The Kier molecular flexibility index (Phi) is 6.49. The lowest BCUT2D eigenvalue weighted by Gasteiger charge is -2.40. The third kappa shape index (κ3) is 4.72. The average molecular weight is 445 g/mol. The van der Waals surface area contributed by atoms with E-state index >= 15 is 0 Å². The molecule has 0 atom stereocenters. The Hall–Kier alpha value is -1.72. The van der Waals surface area contributed by atoms with Gasteiger partial charge in [0.2, 0.25) is 21.8 Å². The van der Waals surface area contributed by atoms with Crippen LogP contribution in [0.2, 0.25) is 5.02 Å². The van der Waals surface area contributed by atoms with Gasteiger partial charge in [-0.2, -0.15) is 4.31 Å². The first-order valence-electron chi connectivity index (χ1n) is 9.33. The van der Waals surface area contributed by atoms with E-state index in [1.165, 1.54) is 22.5 Å². The first kappa shape index (κ1) is 22.0. The molecular weight excluding hydrogens is 420 g/mol. The Labute approximate surface area is 175 Å². The largest absolute Gasteiger partial charge is 0.379 e. The van der Waals surface area contributed by atoms with Gasteiger partial charge in [0.05, 0.1) is 40.9 Å². The normalized spacial score (nSPS) is 20.9. The summed E-state index contributed by atoms with van der Waals surface area (Å²) >= 11 is 6.18. The van der Waals surface area contributed by atoms with Gasteiger partial charge in [0, 0.05) is 26.2 Å². The number of hydrogen-bond acceptors (Lipinski definition) is 6. The molecule has 0 spiro atoms. The summed E-state index contributed by atoms with van der Waals surface area (Å²) in [5, 5.41) is 5.68. The summed E-state index contributed by atoms with van der Waals surface area (Å²) in [6, 6.07) is 4.22. The van der Waals surface area contributed by atoms with Crippen molar-refractivity contribution in [2.75, 3.05) is 51.3 Å². The van der Waals surface area contributed by atoms with Crippen LogP contribution in [0.15, 0.2) is 23.1 Å². The lowest BCUT2D eigenvalue weighted by molar-refractivity contribution is -0.136. The molecule has 2 amide bonds. The summed E-state index contributed by atoms with van der Waals surface area (Å²) in [5.74, 6) is -0.524. The number of sulfonamides is 1. The third-order valence-electron chi connectivity index (χ3n) is 5.17. The molecule has 2 fully saturated rings. The number of rotatable bonds is 5. The van der Waals surface area contributed by atoms with Gasteiger partial charge in [-0.25, -0.2) is 8.42 Å². The Morgan fingerprint density at radius 1 is 1.28 bits per heavy atom. The first-order chi connectivity index (χ1) is 13.6. The number of piperazine rings is 1. The number of amides is 2. The van der Waals surface area contributed by atoms with E-state index in [2.05, 4.69) is 10.6 Å². The van der Waals surface area contributed by atoms with Gasteiger partial charge in [0.1, 0.15) is 0 Å². The quantitative estimate of drug-likeness (QED) is 0.685. The Balaban J connectivity index is 1.75. The second-order valence-electron chi connectivity index (χ2n) is 7.44. The number of halogens is 1. The highest BCUT2D eigenvalue weighted by Crippen LogP contribution is 2.27. The molecule has 2 aliphatic heterocycles. The third-order valence-corrected chi connectivity index (χ3v) is 7.39. The van der Waals surface area contributed by atoms with E-state index < -0.39 is 15.6 Å². The minimum atomic E-state index is -3.71. The SMILES string of the molecule is CC1(C)C(=O)NCCN1CC(=O)Nc1cc(S(=O)(=O)N2CCOCC2)ccc1Cl. The van der Waals surface area contributed by atoms with Crippen LogP contribution >= 0.6 is 11.6 Å². The second-order valence-corrected chi connectivity index (χ2v) is 9.79. The Morgan fingerprint density at radius 2 is 1.97 bits per heavy atom.